The highest BCUT2D eigenvalue weighted by molar-refractivity contribution is 7.96. The lowest BCUT2D eigenvalue weighted by molar-refractivity contribution is -0.110. The van der Waals surface area contributed by atoms with Gasteiger partial charge in [0.05, 0.1) is 0 Å². The quantitative estimate of drug-likeness (QED) is 0.608. The largest absolute Gasteiger partial charge is 0.295 e. The maximum Gasteiger partial charge on any atom is 0.186 e. The lowest BCUT2D eigenvalue weighted by Crippen LogP contribution is -1.96. The molecule has 0 aliphatic rings. The highest BCUT2D eigenvalue weighted by Gasteiger charge is 2.01. The minimum atomic E-state index is -0.127. The predicted molar refractivity (Wildman–Crippen MR) is 58.8 cm³/mol. The van der Waals surface area contributed by atoms with E-state index < -0.39 is 0 Å². The fourth-order valence-corrected chi connectivity index (χ4v) is 1.31. The molecule has 14 heavy (non-hydrogen) atoms. The van der Waals surface area contributed by atoms with Crippen LogP contribution >= 0.6 is 12.6 Å². The van der Waals surface area contributed by atoms with Crippen molar-refractivity contribution in [3.05, 3.63) is 35.4 Å². The van der Waals surface area contributed by atoms with Crippen LogP contribution in [-0.4, -0.2) is 10.9 Å². The molecule has 0 unspecified atom stereocenters. The minimum absolute atomic E-state index is 0.0454. The van der Waals surface area contributed by atoms with E-state index in [1.807, 2.05) is 18.2 Å². The molecule has 1 aromatic rings. The minimum Gasteiger partial charge on any atom is -0.295 e. The Hall–Kier alpha value is -1.09. The molecular formula is C11H12O2S. The molecule has 0 fully saturated rings. The second-order valence-corrected chi connectivity index (χ2v) is 3.65. The summed E-state index contributed by atoms with van der Waals surface area (Å²) in [6.45, 7) is 1.53. The Morgan fingerprint density at radius 3 is 2.64 bits per heavy atom. The summed E-state index contributed by atoms with van der Waals surface area (Å²) >= 11 is 3.69. The van der Waals surface area contributed by atoms with Crippen molar-refractivity contribution in [2.75, 3.05) is 0 Å². The third kappa shape index (κ3) is 3.34. The molecular weight excluding hydrogens is 196 g/mol. The van der Waals surface area contributed by atoms with Gasteiger partial charge in [-0.3, -0.25) is 9.59 Å². The molecule has 2 nitrogen and oxygen atoms in total. The smallest absolute Gasteiger partial charge is 0.186 e. The van der Waals surface area contributed by atoms with Crippen LogP contribution in [0.15, 0.2) is 24.3 Å². The van der Waals surface area contributed by atoms with Crippen LogP contribution in [0, 0.1) is 0 Å². The summed E-state index contributed by atoms with van der Waals surface area (Å²) in [4.78, 5) is 21.7. The highest BCUT2D eigenvalue weighted by Crippen LogP contribution is 2.08. The molecule has 0 aromatic heterocycles. The molecule has 1 rings (SSSR count). The molecule has 0 spiro atoms. The molecule has 1 aromatic carbocycles. The van der Waals surface area contributed by atoms with Crippen molar-refractivity contribution < 1.29 is 9.59 Å². The number of rotatable bonds is 4. The Balaban J connectivity index is 2.73. The summed E-state index contributed by atoms with van der Waals surface area (Å²) in [7, 11) is 0. The number of hydrogen-bond donors (Lipinski definition) is 1. The first-order valence-corrected chi connectivity index (χ1v) is 4.86. The van der Waals surface area contributed by atoms with Crippen molar-refractivity contribution in [3.63, 3.8) is 0 Å². The van der Waals surface area contributed by atoms with E-state index in [-0.39, 0.29) is 10.9 Å². The van der Waals surface area contributed by atoms with E-state index in [0.29, 0.717) is 18.4 Å². The molecule has 0 aliphatic carbocycles. The Bertz CT molecular complexity index is 358. The SMILES string of the molecule is CC(=O)c1cccc(CCC(=O)S)c1. The van der Waals surface area contributed by atoms with Gasteiger partial charge in [-0.15, -0.1) is 12.6 Å². The molecule has 0 aliphatic heterocycles. The number of aryl methyl sites for hydroxylation is 1. The van der Waals surface area contributed by atoms with Crippen LogP contribution in [0.25, 0.3) is 0 Å². The third-order valence-corrected chi connectivity index (χ3v) is 2.18. The Morgan fingerprint density at radius 2 is 2.07 bits per heavy atom. The Kier molecular flexibility index (Phi) is 3.89. The summed E-state index contributed by atoms with van der Waals surface area (Å²) in [6.07, 6.45) is 1.05. The number of benzene rings is 1. The van der Waals surface area contributed by atoms with Crippen LogP contribution in [-0.2, 0) is 11.2 Å². The molecule has 0 amide bonds. The summed E-state index contributed by atoms with van der Waals surface area (Å²) in [5, 5.41) is -0.127. The van der Waals surface area contributed by atoms with E-state index in [4.69, 9.17) is 0 Å². The van der Waals surface area contributed by atoms with Crippen molar-refractivity contribution in [1.82, 2.24) is 0 Å². The van der Waals surface area contributed by atoms with E-state index in [2.05, 4.69) is 12.6 Å². The van der Waals surface area contributed by atoms with Gasteiger partial charge in [-0.05, 0) is 25.0 Å². The predicted octanol–water partition coefficient (Wildman–Crippen LogP) is 2.28. The first kappa shape index (κ1) is 11.0. The van der Waals surface area contributed by atoms with Gasteiger partial charge < -0.3 is 0 Å². The molecule has 0 N–H and O–H groups in total. The number of carbonyl (C=O) groups is 2. The van der Waals surface area contributed by atoms with Crippen LogP contribution in [0.2, 0.25) is 0 Å². The van der Waals surface area contributed by atoms with Gasteiger partial charge in [0.1, 0.15) is 0 Å². The number of thiol groups is 1. The Morgan fingerprint density at radius 1 is 1.36 bits per heavy atom. The summed E-state index contributed by atoms with van der Waals surface area (Å²) in [5.74, 6) is 0.0454. The summed E-state index contributed by atoms with van der Waals surface area (Å²) < 4.78 is 0. The average molecular weight is 208 g/mol. The topological polar surface area (TPSA) is 34.1 Å². The highest BCUT2D eigenvalue weighted by atomic mass is 32.1. The number of hydrogen-bond acceptors (Lipinski definition) is 2. The first-order valence-electron chi connectivity index (χ1n) is 4.41. The van der Waals surface area contributed by atoms with Crippen molar-refractivity contribution in [3.8, 4) is 0 Å². The zero-order valence-corrected chi connectivity index (χ0v) is 8.88. The zero-order chi connectivity index (χ0) is 10.6. The number of carbonyl (C=O) groups excluding carboxylic acids is 2. The summed E-state index contributed by atoms with van der Waals surface area (Å²) in [6, 6.07) is 7.33. The van der Waals surface area contributed by atoms with Crippen molar-refractivity contribution >= 4 is 23.5 Å². The molecule has 0 bridgehead atoms. The molecule has 74 valence electrons. The maximum absolute atomic E-state index is 11.1. The van der Waals surface area contributed by atoms with Gasteiger partial charge in [0.2, 0.25) is 0 Å². The van der Waals surface area contributed by atoms with Crippen LogP contribution < -0.4 is 0 Å². The van der Waals surface area contributed by atoms with E-state index in [1.54, 1.807) is 6.07 Å². The van der Waals surface area contributed by atoms with Crippen LogP contribution in [0.3, 0.4) is 0 Å². The van der Waals surface area contributed by atoms with E-state index in [1.165, 1.54) is 6.92 Å². The van der Waals surface area contributed by atoms with Crippen LogP contribution in [0.1, 0.15) is 29.3 Å². The Labute approximate surface area is 88.7 Å². The molecule has 0 heterocycles. The van der Waals surface area contributed by atoms with Crippen molar-refractivity contribution in [2.24, 2.45) is 0 Å². The van der Waals surface area contributed by atoms with E-state index >= 15 is 0 Å². The maximum atomic E-state index is 11.1. The monoisotopic (exact) mass is 208 g/mol. The van der Waals surface area contributed by atoms with E-state index in [9.17, 15) is 9.59 Å². The van der Waals surface area contributed by atoms with Crippen LogP contribution in [0.5, 0.6) is 0 Å². The normalized spacial score (nSPS) is 9.86. The zero-order valence-electron chi connectivity index (χ0n) is 7.99. The van der Waals surface area contributed by atoms with Crippen molar-refractivity contribution in [2.45, 2.75) is 19.8 Å². The lowest BCUT2D eigenvalue weighted by Gasteiger charge is -2.00. The molecule has 0 radical (unpaired) electrons. The second-order valence-electron chi connectivity index (χ2n) is 3.15. The average Bonchev–Trinajstić information content (AvgIpc) is 2.15. The molecule has 3 heteroatoms. The van der Waals surface area contributed by atoms with Gasteiger partial charge in [-0.1, -0.05) is 18.2 Å². The standard InChI is InChI=1S/C11H12O2S/c1-8(12)10-4-2-3-9(7-10)5-6-11(13)14/h2-4,7H,5-6H2,1H3,(H,13,14). The second kappa shape index (κ2) is 4.96. The number of ketones is 1. The van der Waals surface area contributed by atoms with Crippen molar-refractivity contribution in [1.29, 1.82) is 0 Å². The first-order chi connectivity index (χ1) is 6.59. The molecule has 0 atom stereocenters. The molecule has 0 saturated carbocycles. The van der Waals surface area contributed by atoms with Gasteiger partial charge in [-0.2, -0.15) is 0 Å². The fourth-order valence-electron chi connectivity index (χ4n) is 1.20. The summed E-state index contributed by atoms with van der Waals surface area (Å²) in [5.41, 5.74) is 1.69. The van der Waals surface area contributed by atoms with Gasteiger partial charge in [0, 0.05) is 12.0 Å². The lowest BCUT2D eigenvalue weighted by atomic mass is 10.0. The third-order valence-electron chi connectivity index (χ3n) is 1.96. The van der Waals surface area contributed by atoms with Gasteiger partial charge >= 0.3 is 0 Å². The fraction of sp³-hybridized carbons (Fsp3) is 0.273. The van der Waals surface area contributed by atoms with Crippen LogP contribution in [0.4, 0.5) is 0 Å². The van der Waals surface area contributed by atoms with Gasteiger partial charge in [0.25, 0.3) is 0 Å². The van der Waals surface area contributed by atoms with Gasteiger partial charge in [0.15, 0.2) is 10.9 Å². The molecule has 0 saturated heterocycles. The van der Waals surface area contributed by atoms with E-state index in [0.717, 1.165) is 5.56 Å². The van der Waals surface area contributed by atoms with Gasteiger partial charge in [-0.25, -0.2) is 0 Å². The number of Topliss-reactive ketones (excluding diaryl/α,β-unsaturated/α-hetero) is 1.